The lowest BCUT2D eigenvalue weighted by molar-refractivity contribution is 0.161. The fourth-order valence-electron chi connectivity index (χ4n) is 1.71. The Morgan fingerprint density at radius 1 is 1.10 bits per heavy atom. The Hall–Kier alpha value is -1.71. The Morgan fingerprint density at radius 3 is 2.30 bits per heavy atom. The van der Waals surface area contributed by atoms with Gasteiger partial charge in [-0.25, -0.2) is 4.79 Å². The van der Waals surface area contributed by atoms with Gasteiger partial charge in [0.2, 0.25) is 0 Å². The summed E-state index contributed by atoms with van der Waals surface area (Å²) >= 11 is 11.8. The lowest BCUT2D eigenvalue weighted by atomic mass is 10.2. The molecule has 0 spiro atoms. The van der Waals surface area contributed by atoms with Crippen LogP contribution in [0.2, 0.25) is 10.0 Å². The topological polar surface area (TPSA) is 29.5 Å². The van der Waals surface area contributed by atoms with Gasteiger partial charge in [-0.2, -0.15) is 0 Å². The quantitative estimate of drug-likeness (QED) is 0.827. The van der Waals surface area contributed by atoms with Crippen LogP contribution in [0.25, 0.3) is 0 Å². The maximum atomic E-state index is 11.9. The van der Waals surface area contributed by atoms with Gasteiger partial charge in [0.25, 0.3) is 0 Å². The molecule has 0 heterocycles. The molecular formula is C15H13Cl2NO2. The predicted octanol–water partition coefficient (Wildman–Crippen LogP) is 4.62. The summed E-state index contributed by atoms with van der Waals surface area (Å²) in [6.07, 6.45) is -0.438. The Morgan fingerprint density at radius 2 is 1.70 bits per heavy atom. The molecule has 104 valence electrons. The third kappa shape index (κ3) is 4.15. The first kappa shape index (κ1) is 14.7. The summed E-state index contributed by atoms with van der Waals surface area (Å²) in [5.74, 6) is 0.508. The number of benzene rings is 2. The number of hydrogen-bond acceptors (Lipinski definition) is 2. The van der Waals surface area contributed by atoms with E-state index in [-0.39, 0.29) is 0 Å². The molecule has 0 bridgehead atoms. The van der Waals surface area contributed by atoms with E-state index in [0.717, 1.165) is 5.56 Å². The number of nitrogens with zero attached hydrogens (tertiary/aromatic N) is 1. The molecule has 0 saturated heterocycles. The highest BCUT2D eigenvalue weighted by Gasteiger charge is 2.12. The number of carbonyl (C=O) groups is 1. The van der Waals surface area contributed by atoms with Crippen molar-refractivity contribution in [2.75, 3.05) is 7.05 Å². The third-order valence-corrected chi connectivity index (χ3v) is 3.04. The summed E-state index contributed by atoms with van der Waals surface area (Å²) in [5, 5.41) is 1.08. The van der Waals surface area contributed by atoms with Crippen LogP contribution >= 0.6 is 23.2 Å². The van der Waals surface area contributed by atoms with Crippen molar-refractivity contribution >= 4 is 29.3 Å². The fraction of sp³-hybridized carbons (Fsp3) is 0.133. The van der Waals surface area contributed by atoms with E-state index in [1.165, 1.54) is 4.90 Å². The average molecular weight is 310 g/mol. The van der Waals surface area contributed by atoms with Crippen LogP contribution in [0.3, 0.4) is 0 Å². The van der Waals surface area contributed by atoms with Gasteiger partial charge in [-0.1, -0.05) is 41.4 Å². The zero-order chi connectivity index (χ0) is 14.5. The fourth-order valence-corrected chi connectivity index (χ4v) is 2.28. The van der Waals surface area contributed by atoms with Gasteiger partial charge in [-0.05, 0) is 35.9 Å². The van der Waals surface area contributed by atoms with Gasteiger partial charge in [-0.3, -0.25) is 0 Å². The Kier molecular flexibility index (Phi) is 4.88. The van der Waals surface area contributed by atoms with Crippen molar-refractivity contribution < 1.29 is 9.53 Å². The molecule has 2 aromatic rings. The highest BCUT2D eigenvalue weighted by Crippen LogP contribution is 2.20. The van der Waals surface area contributed by atoms with Gasteiger partial charge < -0.3 is 9.64 Å². The molecular weight excluding hydrogens is 297 g/mol. The zero-order valence-corrected chi connectivity index (χ0v) is 12.4. The monoisotopic (exact) mass is 309 g/mol. The van der Waals surface area contributed by atoms with Crippen molar-refractivity contribution in [1.29, 1.82) is 0 Å². The van der Waals surface area contributed by atoms with Crippen LogP contribution in [-0.2, 0) is 6.54 Å². The van der Waals surface area contributed by atoms with E-state index in [9.17, 15) is 4.79 Å². The van der Waals surface area contributed by atoms with Gasteiger partial charge in [0, 0.05) is 23.6 Å². The number of amides is 1. The van der Waals surface area contributed by atoms with Crippen molar-refractivity contribution in [1.82, 2.24) is 4.90 Å². The van der Waals surface area contributed by atoms with Crippen molar-refractivity contribution in [2.24, 2.45) is 0 Å². The van der Waals surface area contributed by atoms with Gasteiger partial charge >= 0.3 is 6.09 Å². The molecule has 0 radical (unpaired) electrons. The lowest BCUT2D eigenvalue weighted by Gasteiger charge is -2.17. The Bertz CT molecular complexity index is 582. The molecule has 1 amide bonds. The second-order valence-corrected chi connectivity index (χ2v) is 5.19. The molecule has 3 nitrogen and oxygen atoms in total. The highest BCUT2D eigenvalue weighted by atomic mass is 35.5. The normalized spacial score (nSPS) is 10.2. The van der Waals surface area contributed by atoms with Gasteiger partial charge in [-0.15, -0.1) is 0 Å². The second kappa shape index (κ2) is 6.64. The SMILES string of the molecule is CN(Cc1cc(Cl)cc(Cl)c1)C(=O)Oc1ccccc1. The van der Waals surface area contributed by atoms with Gasteiger partial charge in [0.05, 0.1) is 0 Å². The number of carbonyl (C=O) groups excluding carboxylic acids is 1. The minimum absolute atomic E-state index is 0.367. The molecule has 2 rings (SSSR count). The standard InChI is InChI=1S/C15H13Cl2NO2/c1-18(10-11-7-12(16)9-13(17)8-11)15(19)20-14-5-3-2-4-6-14/h2-9H,10H2,1H3. The number of halogens is 2. The lowest BCUT2D eigenvalue weighted by Crippen LogP contribution is -2.29. The van der Waals surface area contributed by atoms with Crippen LogP contribution in [0, 0.1) is 0 Å². The molecule has 0 N–H and O–H groups in total. The molecule has 0 aliphatic rings. The van der Waals surface area contributed by atoms with E-state index in [1.54, 1.807) is 49.5 Å². The molecule has 5 heteroatoms. The summed E-state index contributed by atoms with van der Waals surface area (Å²) < 4.78 is 5.23. The van der Waals surface area contributed by atoms with Crippen LogP contribution in [-0.4, -0.2) is 18.0 Å². The first-order chi connectivity index (χ1) is 9.54. The van der Waals surface area contributed by atoms with E-state index < -0.39 is 6.09 Å². The maximum absolute atomic E-state index is 11.9. The van der Waals surface area contributed by atoms with Gasteiger partial charge in [0.1, 0.15) is 5.75 Å². The number of hydrogen-bond donors (Lipinski definition) is 0. The number of rotatable bonds is 3. The molecule has 0 saturated carbocycles. The molecule has 2 aromatic carbocycles. The molecule has 0 aliphatic heterocycles. The van der Waals surface area contributed by atoms with Crippen molar-refractivity contribution in [3.63, 3.8) is 0 Å². The van der Waals surface area contributed by atoms with Crippen molar-refractivity contribution in [3.8, 4) is 5.75 Å². The largest absolute Gasteiger partial charge is 0.415 e. The minimum atomic E-state index is -0.438. The van der Waals surface area contributed by atoms with Crippen LogP contribution in [0.5, 0.6) is 5.75 Å². The smallest absolute Gasteiger partial charge is 0.410 e. The van der Waals surface area contributed by atoms with E-state index >= 15 is 0 Å². The average Bonchev–Trinajstić information content (AvgIpc) is 2.38. The summed E-state index contributed by atoms with van der Waals surface area (Å²) in [6, 6.07) is 14.1. The first-order valence-electron chi connectivity index (χ1n) is 5.97. The molecule has 0 aromatic heterocycles. The Labute approximate surface area is 127 Å². The summed E-state index contributed by atoms with van der Waals surface area (Å²) in [4.78, 5) is 13.4. The van der Waals surface area contributed by atoms with Crippen LogP contribution in [0.15, 0.2) is 48.5 Å². The molecule has 0 atom stereocenters. The van der Waals surface area contributed by atoms with Crippen LogP contribution in [0.1, 0.15) is 5.56 Å². The van der Waals surface area contributed by atoms with E-state index in [1.807, 2.05) is 6.07 Å². The zero-order valence-electron chi connectivity index (χ0n) is 10.8. The maximum Gasteiger partial charge on any atom is 0.415 e. The molecule has 0 aliphatic carbocycles. The molecule has 0 fully saturated rings. The summed E-state index contributed by atoms with van der Waals surface area (Å²) in [5.41, 5.74) is 0.843. The minimum Gasteiger partial charge on any atom is -0.410 e. The molecule has 0 unspecified atom stereocenters. The van der Waals surface area contributed by atoms with Crippen LogP contribution < -0.4 is 4.74 Å². The van der Waals surface area contributed by atoms with Crippen molar-refractivity contribution in [2.45, 2.75) is 6.54 Å². The summed E-state index contributed by atoms with van der Waals surface area (Å²) in [7, 11) is 1.65. The van der Waals surface area contributed by atoms with E-state index in [0.29, 0.717) is 22.3 Å². The highest BCUT2D eigenvalue weighted by molar-refractivity contribution is 6.34. The van der Waals surface area contributed by atoms with E-state index in [4.69, 9.17) is 27.9 Å². The summed E-state index contributed by atoms with van der Waals surface area (Å²) in [6.45, 7) is 0.367. The number of para-hydroxylation sites is 1. The third-order valence-electron chi connectivity index (χ3n) is 2.60. The number of ether oxygens (including phenoxy) is 1. The van der Waals surface area contributed by atoms with E-state index in [2.05, 4.69) is 0 Å². The van der Waals surface area contributed by atoms with Crippen molar-refractivity contribution in [3.05, 3.63) is 64.1 Å². The second-order valence-electron chi connectivity index (χ2n) is 4.31. The first-order valence-corrected chi connectivity index (χ1v) is 6.73. The Balaban J connectivity index is 2.00. The van der Waals surface area contributed by atoms with Crippen LogP contribution in [0.4, 0.5) is 4.79 Å². The predicted molar refractivity (Wildman–Crippen MR) is 80.4 cm³/mol. The molecule has 20 heavy (non-hydrogen) atoms. The van der Waals surface area contributed by atoms with Gasteiger partial charge in [0.15, 0.2) is 0 Å².